The summed E-state index contributed by atoms with van der Waals surface area (Å²) >= 11 is 0. The molecule has 0 aromatic heterocycles. The maximum atomic E-state index is 0. The molecule has 11 heteroatoms. The maximum Gasteiger partial charge on any atom is 0 e. The zero-order valence-corrected chi connectivity index (χ0v) is 10.9. The molecule has 0 aliphatic carbocycles. The van der Waals surface area contributed by atoms with Gasteiger partial charge in [0.2, 0.25) is 0 Å². The van der Waals surface area contributed by atoms with Crippen LogP contribution < -0.4 is 0 Å². The molecule has 0 unspecified atom stereocenters. The van der Waals surface area contributed by atoms with Crippen LogP contribution in [0.3, 0.4) is 0 Å². The molecule has 0 saturated carbocycles. The Hall–Kier alpha value is 2.06. The first kappa shape index (κ1) is 448. The molecular formula is H14O7V4. The van der Waals surface area contributed by atoms with E-state index in [0.717, 1.165) is 0 Å². The van der Waals surface area contributed by atoms with Crippen molar-refractivity contribution in [2.75, 3.05) is 0 Å². The molecule has 0 saturated heterocycles. The van der Waals surface area contributed by atoms with Gasteiger partial charge >= 0.3 is 0 Å². The van der Waals surface area contributed by atoms with E-state index < -0.39 is 0 Å². The predicted molar refractivity (Wildman–Crippen MR) is 25.3 cm³/mol. The fraction of sp³-hybridized carbons (Fsp3) is 0. The molecule has 0 aliphatic heterocycles. The molecule has 0 bridgehead atoms. The summed E-state index contributed by atoms with van der Waals surface area (Å²) in [6.45, 7) is 0. The van der Waals surface area contributed by atoms with Gasteiger partial charge in [-0.25, -0.2) is 0 Å². The normalized spacial score (nSPS) is 0. The summed E-state index contributed by atoms with van der Waals surface area (Å²) in [4.78, 5) is 0. The molecule has 0 amide bonds. The summed E-state index contributed by atoms with van der Waals surface area (Å²) in [5.74, 6) is 0. The van der Waals surface area contributed by atoms with E-state index in [1.807, 2.05) is 0 Å². The molecule has 76 valence electrons. The van der Waals surface area contributed by atoms with Crippen molar-refractivity contribution in [3.63, 3.8) is 0 Å². The van der Waals surface area contributed by atoms with Crippen molar-refractivity contribution in [3.05, 3.63) is 0 Å². The Bertz CT molecular complexity index is 10.4. The summed E-state index contributed by atoms with van der Waals surface area (Å²) in [5, 5.41) is 0. The molecule has 0 aliphatic rings. The summed E-state index contributed by atoms with van der Waals surface area (Å²) in [6.07, 6.45) is 0. The Balaban J connectivity index is 0. The van der Waals surface area contributed by atoms with Gasteiger partial charge in [0.1, 0.15) is 0 Å². The van der Waals surface area contributed by atoms with E-state index in [1.165, 1.54) is 0 Å². The van der Waals surface area contributed by atoms with Crippen molar-refractivity contribution in [3.8, 4) is 0 Å². The predicted octanol–water partition coefficient (Wildman–Crippen LogP) is -5.78. The first-order valence-corrected chi connectivity index (χ1v) is 0. The van der Waals surface area contributed by atoms with Gasteiger partial charge in [0.25, 0.3) is 0 Å². The molecule has 0 aromatic carbocycles. The Morgan fingerprint density at radius 2 is 0.182 bits per heavy atom. The number of hydrogen-bond acceptors (Lipinski definition) is 0. The van der Waals surface area contributed by atoms with Crippen molar-refractivity contribution in [1.82, 2.24) is 0 Å². The molecule has 0 fully saturated rings. The van der Waals surface area contributed by atoms with E-state index in [-0.39, 0.29) is 113 Å². The Morgan fingerprint density at radius 3 is 0.182 bits per heavy atom. The van der Waals surface area contributed by atoms with Crippen LogP contribution in [-0.2, 0) is 74.2 Å². The molecule has 0 heterocycles. The second kappa shape index (κ2) is 348. The van der Waals surface area contributed by atoms with Crippen molar-refractivity contribution < 1.29 is 113 Å². The average Bonchev–Trinajstić information content (AvgIpc) is 0. The van der Waals surface area contributed by atoms with Gasteiger partial charge in [0, 0.05) is 74.2 Å². The van der Waals surface area contributed by atoms with Gasteiger partial charge in [-0.05, 0) is 0 Å². The van der Waals surface area contributed by atoms with Crippen LogP contribution in [0.25, 0.3) is 0 Å². The van der Waals surface area contributed by atoms with Crippen LogP contribution in [0.1, 0.15) is 0 Å². The molecule has 0 spiro atoms. The van der Waals surface area contributed by atoms with Crippen LogP contribution >= 0.6 is 0 Å². The van der Waals surface area contributed by atoms with E-state index in [2.05, 4.69) is 0 Å². The second-order valence-electron chi connectivity index (χ2n) is 0. The van der Waals surface area contributed by atoms with Crippen molar-refractivity contribution in [2.24, 2.45) is 0 Å². The van der Waals surface area contributed by atoms with E-state index in [4.69, 9.17) is 0 Å². The molecule has 0 rings (SSSR count). The molecule has 0 atom stereocenters. The third-order valence-corrected chi connectivity index (χ3v) is 0. The number of rotatable bonds is 0. The summed E-state index contributed by atoms with van der Waals surface area (Å²) in [5.41, 5.74) is 0. The fourth-order valence-electron chi connectivity index (χ4n) is 0. The van der Waals surface area contributed by atoms with Crippen LogP contribution in [-0.4, -0.2) is 38.3 Å². The summed E-state index contributed by atoms with van der Waals surface area (Å²) in [7, 11) is 0. The topological polar surface area (TPSA) is 220 Å². The Labute approximate surface area is 112 Å². The van der Waals surface area contributed by atoms with Crippen LogP contribution in [0.15, 0.2) is 0 Å². The van der Waals surface area contributed by atoms with Crippen molar-refractivity contribution in [2.45, 2.75) is 0 Å². The van der Waals surface area contributed by atoms with Crippen molar-refractivity contribution >= 4 is 0 Å². The second-order valence-corrected chi connectivity index (χ2v) is 0. The van der Waals surface area contributed by atoms with Crippen LogP contribution in [0.5, 0.6) is 0 Å². The molecular weight excluding hydrogens is 316 g/mol. The van der Waals surface area contributed by atoms with Gasteiger partial charge in [-0.2, -0.15) is 0 Å². The fourth-order valence-corrected chi connectivity index (χ4v) is 0. The van der Waals surface area contributed by atoms with Crippen LogP contribution in [0.4, 0.5) is 0 Å². The minimum atomic E-state index is 0. The zero-order valence-electron chi connectivity index (χ0n) is 5.29. The van der Waals surface area contributed by atoms with E-state index in [1.54, 1.807) is 0 Å². The first-order valence-electron chi connectivity index (χ1n) is 0. The van der Waals surface area contributed by atoms with E-state index in [9.17, 15) is 0 Å². The van der Waals surface area contributed by atoms with Gasteiger partial charge in [-0.3, -0.25) is 0 Å². The zero-order chi connectivity index (χ0) is 0. The average molecular weight is 330 g/mol. The standard InChI is InChI=1S/7H2O.4V/h7*1H2;;;;. The van der Waals surface area contributed by atoms with Gasteiger partial charge in [0.05, 0.1) is 0 Å². The first-order chi connectivity index (χ1) is 0. The summed E-state index contributed by atoms with van der Waals surface area (Å²) in [6, 6.07) is 0. The van der Waals surface area contributed by atoms with Gasteiger partial charge in [-0.1, -0.05) is 0 Å². The Morgan fingerprint density at radius 1 is 0.182 bits per heavy atom. The van der Waals surface area contributed by atoms with Gasteiger partial charge < -0.3 is 38.3 Å². The quantitative estimate of drug-likeness (QED) is 0.405. The monoisotopic (exact) mass is 330 g/mol. The molecule has 7 nitrogen and oxygen atoms in total. The van der Waals surface area contributed by atoms with E-state index in [0.29, 0.717) is 0 Å². The van der Waals surface area contributed by atoms with Gasteiger partial charge in [0.15, 0.2) is 0 Å². The summed E-state index contributed by atoms with van der Waals surface area (Å²) < 4.78 is 0. The van der Waals surface area contributed by atoms with Crippen molar-refractivity contribution in [1.29, 1.82) is 0 Å². The number of hydrogen-bond donors (Lipinski definition) is 0. The van der Waals surface area contributed by atoms with E-state index >= 15 is 0 Å². The molecule has 0 aromatic rings. The Kier molecular flexibility index (Phi) is 14200. The maximum absolute atomic E-state index is 0. The van der Waals surface area contributed by atoms with Crippen LogP contribution in [0, 0.1) is 0 Å². The molecule has 11 heavy (non-hydrogen) atoms. The SMILES string of the molecule is O.O.O.O.O.O.O.[V].[V].[V].[V]. The van der Waals surface area contributed by atoms with Crippen LogP contribution in [0.2, 0.25) is 0 Å². The van der Waals surface area contributed by atoms with Gasteiger partial charge in [-0.15, -0.1) is 0 Å². The minimum Gasteiger partial charge on any atom is -0.412 e. The minimum absolute atomic E-state index is 0. The smallest absolute Gasteiger partial charge is 0 e. The molecule has 4 radical (unpaired) electrons. The third kappa shape index (κ3) is 288. The third-order valence-electron chi connectivity index (χ3n) is 0. The largest absolute Gasteiger partial charge is 0.412 e. The molecule has 14 N–H and O–H groups in total.